The minimum absolute atomic E-state index is 0.0763. The molecule has 2 N–H and O–H groups in total. The number of halogens is 2. The van der Waals surface area contributed by atoms with Gasteiger partial charge in [-0.1, -0.05) is 6.07 Å². The van der Waals surface area contributed by atoms with E-state index in [4.69, 9.17) is 10.5 Å². The van der Waals surface area contributed by atoms with Crippen LogP contribution in [-0.2, 0) is 4.74 Å². The Kier molecular flexibility index (Phi) is 3.99. The highest BCUT2D eigenvalue weighted by Gasteiger charge is 2.25. The van der Waals surface area contributed by atoms with Crippen LogP contribution in [0, 0.1) is 11.6 Å². The van der Waals surface area contributed by atoms with E-state index in [0.717, 1.165) is 0 Å². The van der Waals surface area contributed by atoms with Crippen molar-refractivity contribution in [2.75, 3.05) is 7.11 Å². The number of ether oxygens (including phenoxy) is 1. The summed E-state index contributed by atoms with van der Waals surface area (Å²) in [5, 5.41) is 0. The lowest BCUT2D eigenvalue weighted by molar-refractivity contribution is 0.00950. The van der Waals surface area contributed by atoms with Crippen LogP contribution in [0.4, 0.5) is 8.78 Å². The predicted molar refractivity (Wildman–Crippen MR) is 59.0 cm³/mol. The van der Waals surface area contributed by atoms with Crippen molar-refractivity contribution in [3.05, 3.63) is 35.4 Å². The average molecular weight is 229 g/mol. The highest BCUT2D eigenvalue weighted by molar-refractivity contribution is 5.23. The molecule has 0 saturated heterocycles. The third-order valence-corrected chi connectivity index (χ3v) is 2.63. The summed E-state index contributed by atoms with van der Waals surface area (Å²) in [6, 6.07) is 3.02. The molecular weight excluding hydrogens is 212 g/mol. The molecule has 16 heavy (non-hydrogen) atoms. The Morgan fingerprint density at radius 3 is 2.25 bits per heavy atom. The lowest BCUT2D eigenvalue weighted by Gasteiger charge is -2.26. The van der Waals surface area contributed by atoms with Gasteiger partial charge in [-0.2, -0.15) is 0 Å². The zero-order valence-electron chi connectivity index (χ0n) is 9.76. The molecule has 0 saturated carbocycles. The minimum Gasteiger partial charge on any atom is -0.379 e. The van der Waals surface area contributed by atoms with Crippen LogP contribution >= 0.6 is 0 Å². The summed E-state index contributed by atoms with van der Waals surface area (Å²) in [6.07, 6.45) is 0.349. The van der Waals surface area contributed by atoms with Crippen molar-refractivity contribution in [2.24, 2.45) is 5.73 Å². The van der Waals surface area contributed by atoms with Gasteiger partial charge in [-0.25, -0.2) is 8.78 Å². The molecular formula is C12H17F2NO. The second-order valence-electron chi connectivity index (χ2n) is 4.41. The zero-order valence-corrected chi connectivity index (χ0v) is 9.76. The number of rotatable bonds is 4. The Labute approximate surface area is 94.4 Å². The van der Waals surface area contributed by atoms with Crippen LogP contribution in [0.25, 0.3) is 0 Å². The van der Waals surface area contributed by atoms with Crippen LogP contribution in [0.1, 0.15) is 31.9 Å². The van der Waals surface area contributed by atoms with Gasteiger partial charge in [-0.15, -0.1) is 0 Å². The highest BCUT2D eigenvalue weighted by atomic mass is 19.1. The monoisotopic (exact) mass is 229 g/mol. The summed E-state index contributed by atoms with van der Waals surface area (Å²) in [4.78, 5) is 0. The molecule has 0 spiro atoms. The molecule has 0 aliphatic carbocycles. The van der Waals surface area contributed by atoms with Crippen LogP contribution in [0.15, 0.2) is 18.2 Å². The second kappa shape index (κ2) is 4.89. The molecule has 0 aliphatic rings. The molecule has 90 valence electrons. The van der Waals surface area contributed by atoms with Gasteiger partial charge in [0.15, 0.2) is 0 Å². The van der Waals surface area contributed by atoms with E-state index in [0.29, 0.717) is 6.42 Å². The average Bonchev–Trinajstić information content (AvgIpc) is 2.16. The molecule has 1 rings (SSSR count). The minimum atomic E-state index is -0.712. The van der Waals surface area contributed by atoms with E-state index in [1.54, 1.807) is 7.11 Å². The molecule has 1 aromatic rings. The number of hydrogen-bond acceptors (Lipinski definition) is 2. The van der Waals surface area contributed by atoms with Crippen molar-refractivity contribution in [1.29, 1.82) is 0 Å². The maximum atomic E-state index is 13.4. The molecule has 0 aromatic heterocycles. The van der Waals surface area contributed by atoms with E-state index in [2.05, 4.69) is 0 Å². The van der Waals surface area contributed by atoms with E-state index >= 15 is 0 Å². The summed E-state index contributed by atoms with van der Waals surface area (Å²) >= 11 is 0. The van der Waals surface area contributed by atoms with Crippen LogP contribution in [0.2, 0.25) is 0 Å². The maximum absolute atomic E-state index is 13.4. The largest absolute Gasteiger partial charge is 0.379 e. The first-order valence-corrected chi connectivity index (χ1v) is 5.12. The van der Waals surface area contributed by atoms with Crippen molar-refractivity contribution >= 4 is 0 Å². The highest BCUT2D eigenvalue weighted by Crippen LogP contribution is 2.27. The molecule has 1 aromatic carbocycles. The molecule has 4 heteroatoms. The van der Waals surface area contributed by atoms with Gasteiger partial charge in [0.1, 0.15) is 11.6 Å². The Bertz CT molecular complexity index is 346. The molecule has 0 aliphatic heterocycles. The molecule has 0 heterocycles. The predicted octanol–water partition coefficient (Wildman–Crippen LogP) is 2.78. The Balaban J connectivity index is 2.93. The van der Waals surface area contributed by atoms with Crippen LogP contribution in [-0.4, -0.2) is 12.7 Å². The summed E-state index contributed by atoms with van der Waals surface area (Å²) in [5.74, 6) is -1.22. The number of methoxy groups -OCH3 is 1. The molecule has 1 atom stereocenters. The second-order valence-corrected chi connectivity index (χ2v) is 4.41. The third kappa shape index (κ3) is 3.00. The van der Waals surface area contributed by atoms with Crippen molar-refractivity contribution in [2.45, 2.75) is 31.9 Å². The zero-order chi connectivity index (χ0) is 12.3. The lowest BCUT2D eigenvalue weighted by Crippen LogP contribution is -2.29. The van der Waals surface area contributed by atoms with E-state index in [-0.39, 0.29) is 5.56 Å². The Hall–Kier alpha value is -1.00. The van der Waals surface area contributed by atoms with Crippen LogP contribution in [0.5, 0.6) is 0 Å². The van der Waals surface area contributed by atoms with Gasteiger partial charge in [-0.3, -0.25) is 0 Å². The van der Waals surface area contributed by atoms with E-state index in [9.17, 15) is 8.78 Å². The third-order valence-electron chi connectivity index (χ3n) is 2.63. The van der Waals surface area contributed by atoms with E-state index in [1.807, 2.05) is 13.8 Å². The van der Waals surface area contributed by atoms with Crippen molar-refractivity contribution < 1.29 is 13.5 Å². The van der Waals surface area contributed by atoms with Gasteiger partial charge in [0.25, 0.3) is 0 Å². The van der Waals surface area contributed by atoms with Gasteiger partial charge in [-0.05, 0) is 32.4 Å². The SMILES string of the molecule is COC(C)(C)CC(N)c1c(F)cccc1F. The molecule has 0 radical (unpaired) electrons. The Morgan fingerprint density at radius 2 is 1.81 bits per heavy atom. The summed E-state index contributed by atoms with van der Waals surface area (Å²) in [7, 11) is 1.55. The first kappa shape index (κ1) is 13.1. The maximum Gasteiger partial charge on any atom is 0.130 e. The van der Waals surface area contributed by atoms with Gasteiger partial charge >= 0.3 is 0 Å². The van der Waals surface area contributed by atoms with Crippen LogP contribution in [0.3, 0.4) is 0 Å². The molecule has 2 nitrogen and oxygen atoms in total. The smallest absolute Gasteiger partial charge is 0.130 e. The first-order valence-electron chi connectivity index (χ1n) is 5.12. The number of benzene rings is 1. The van der Waals surface area contributed by atoms with Crippen molar-refractivity contribution in [1.82, 2.24) is 0 Å². The van der Waals surface area contributed by atoms with Crippen LogP contribution < -0.4 is 5.73 Å². The Morgan fingerprint density at radius 1 is 1.31 bits per heavy atom. The quantitative estimate of drug-likeness (QED) is 0.861. The fourth-order valence-electron chi connectivity index (χ4n) is 1.58. The molecule has 1 unspecified atom stereocenters. The van der Waals surface area contributed by atoms with Crippen molar-refractivity contribution in [3.63, 3.8) is 0 Å². The normalized spacial score (nSPS) is 13.9. The van der Waals surface area contributed by atoms with Gasteiger partial charge in [0, 0.05) is 18.7 Å². The fraction of sp³-hybridized carbons (Fsp3) is 0.500. The summed E-state index contributed by atoms with van der Waals surface area (Å²) in [6.45, 7) is 3.65. The number of nitrogens with two attached hydrogens (primary N) is 1. The molecule has 0 fully saturated rings. The molecule has 0 bridgehead atoms. The first-order chi connectivity index (χ1) is 7.37. The lowest BCUT2D eigenvalue weighted by atomic mass is 9.93. The standard InChI is InChI=1S/C12H17F2NO/c1-12(2,16-3)7-10(15)11-8(13)5-4-6-9(11)14/h4-6,10H,7,15H2,1-3H3. The molecule has 0 amide bonds. The summed E-state index contributed by atoms with van der Waals surface area (Å²) < 4.78 is 32.0. The summed E-state index contributed by atoms with van der Waals surface area (Å²) in [5.41, 5.74) is 5.22. The van der Waals surface area contributed by atoms with E-state index < -0.39 is 23.3 Å². The topological polar surface area (TPSA) is 35.2 Å². The van der Waals surface area contributed by atoms with Gasteiger partial charge in [0.2, 0.25) is 0 Å². The van der Waals surface area contributed by atoms with Crippen molar-refractivity contribution in [3.8, 4) is 0 Å². The number of hydrogen-bond donors (Lipinski definition) is 1. The van der Waals surface area contributed by atoms with Gasteiger partial charge < -0.3 is 10.5 Å². The van der Waals surface area contributed by atoms with Gasteiger partial charge in [0.05, 0.1) is 5.60 Å². The van der Waals surface area contributed by atoms with E-state index in [1.165, 1.54) is 18.2 Å². The fourth-order valence-corrected chi connectivity index (χ4v) is 1.58.